The Bertz CT molecular complexity index is 326. The molecule has 0 radical (unpaired) electrons. The highest BCUT2D eigenvalue weighted by Gasteiger charge is 2.16. The predicted octanol–water partition coefficient (Wildman–Crippen LogP) is 0.341. The van der Waals surface area contributed by atoms with Crippen LogP contribution < -0.4 is 11.1 Å². The largest absolute Gasteiger partial charge is 0.385 e. The van der Waals surface area contributed by atoms with Gasteiger partial charge in [-0.2, -0.15) is 5.10 Å². The van der Waals surface area contributed by atoms with Crippen LogP contribution in [0.15, 0.2) is 12.4 Å². The fourth-order valence-electron chi connectivity index (χ4n) is 1.48. The van der Waals surface area contributed by atoms with Gasteiger partial charge in [0.05, 0.1) is 18.3 Å². The summed E-state index contributed by atoms with van der Waals surface area (Å²) in [6, 6.07) is -0.575. The SMILES string of the molecule is COCCCC(N)C(=O)NC(C)c1cn[nH]c1. The first kappa shape index (κ1) is 13.7. The van der Waals surface area contributed by atoms with Crippen molar-refractivity contribution in [2.45, 2.75) is 31.8 Å². The lowest BCUT2D eigenvalue weighted by atomic mass is 10.1. The van der Waals surface area contributed by atoms with E-state index in [2.05, 4.69) is 15.5 Å². The average molecular weight is 240 g/mol. The molecular weight excluding hydrogens is 220 g/mol. The lowest BCUT2D eigenvalue weighted by molar-refractivity contribution is -0.123. The molecule has 6 heteroatoms. The van der Waals surface area contributed by atoms with Crippen LogP contribution in [-0.4, -0.2) is 35.9 Å². The molecule has 0 spiro atoms. The number of aromatic nitrogens is 2. The Hall–Kier alpha value is -1.40. The molecule has 2 atom stereocenters. The second-order valence-electron chi connectivity index (χ2n) is 4.00. The highest BCUT2D eigenvalue weighted by molar-refractivity contribution is 5.81. The zero-order chi connectivity index (χ0) is 12.7. The first-order valence-corrected chi connectivity index (χ1v) is 5.68. The number of rotatable bonds is 7. The number of ether oxygens (including phenoxy) is 1. The third-order valence-electron chi connectivity index (χ3n) is 2.58. The molecular formula is C11H20N4O2. The van der Waals surface area contributed by atoms with Crippen molar-refractivity contribution < 1.29 is 9.53 Å². The molecule has 17 heavy (non-hydrogen) atoms. The minimum atomic E-state index is -0.487. The number of methoxy groups -OCH3 is 1. The molecule has 1 heterocycles. The van der Waals surface area contributed by atoms with Gasteiger partial charge < -0.3 is 15.8 Å². The fraction of sp³-hybridized carbons (Fsp3) is 0.636. The fourth-order valence-corrected chi connectivity index (χ4v) is 1.48. The van der Waals surface area contributed by atoms with E-state index in [0.29, 0.717) is 13.0 Å². The first-order chi connectivity index (χ1) is 8.15. The molecule has 96 valence electrons. The quantitative estimate of drug-likeness (QED) is 0.599. The monoisotopic (exact) mass is 240 g/mol. The van der Waals surface area contributed by atoms with Crippen molar-refractivity contribution in [3.05, 3.63) is 18.0 Å². The van der Waals surface area contributed by atoms with E-state index in [9.17, 15) is 4.79 Å². The summed E-state index contributed by atoms with van der Waals surface area (Å²) in [6.45, 7) is 2.52. The third-order valence-corrected chi connectivity index (χ3v) is 2.58. The van der Waals surface area contributed by atoms with E-state index in [1.165, 1.54) is 0 Å². The van der Waals surface area contributed by atoms with Gasteiger partial charge in [-0.05, 0) is 19.8 Å². The van der Waals surface area contributed by atoms with Gasteiger partial charge in [-0.1, -0.05) is 0 Å². The molecule has 4 N–H and O–H groups in total. The Morgan fingerprint density at radius 3 is 3.06 bits per heavy atom. The molecule has 0 aliphatic heterocycles. The van der Waals surface area contributed by atoms with Gasteiger partial charge in [0.1, 0.15) is 0 Å². The van der Waals surface area contributed by atoms with Gasteiger partial charge in [0, 0.05) is 25.5 Å². The van der Waals surface area contributed by atoms with Crippen LogP contribution in [0.4, 0.5) is 0 Å². The highest BCUT2D eigenvalue weighted by Crippen LogP contribution is 2.09. The maximum Gasteiger partial charge on any atom is 0.237 e. The number of nitrogens with zero attached hydrogens (tertiary/aromatic N) is 1. The number of amides is 1. The Kier molecular flexibility index (Phi) is 5.65. The second kappa shape index (κ2) is 7.03. The van der Waals surface area contributed by atoms with E-state index in [1.54, 1.807) is 19.5 Å². The molecule has 0 fully saturated rings. The number of aromatic amines is 1. The Morgan fingerprint density at radius 1 is 1.71 bits per heavy atom. The summed E-state index contributed by atoms with van der Waals surface area (Å²) < 4.78 is 4.91. The molecule has 6 nitrogen and oxygen atoms in total. The number of nitrogens with one attached hydrogen (secondary N) is 2. The molecule has 1 rings (SSSR count). The number of hydrogen-bond donors (Lipinski definition) is 3. The Morgan fingerprint density at radius 2 is 2.47 bits per heavy atom. The van der Waals surface area contributed by atoms with Crippen LogP contribution in [0, 0.1) is 0 Å². The molecule has 0 aliphatic carbocycles. The van der Waals surface area contributed by atoms with Crippen molar-refractivity contribution in [3.8, 4) is 0 Å². The summed E-state index contributed by atoms with van der Waals surface area (Å²) in [5.74, 6) is -0.144. The number of nitrogens with two attached hydrogens (primary N) is 1. The zero-order valence-electron chi connectivity index (χ0n) is 10.3. The first-order valence-electron chi connectivity index (χ1n) is 5.68. The van der Waals surface area contributed by atoms with Crippen molar-refractivity contribution in [2.75, 3.05) is 13.7 Å². The number of carbonyl (C=O) groups excluding carboxylic acids is 1. The van der Waals surface area contributed by atoms with E-state index in [-0.39, 0.29) is 11.9 Å². The van der Waals surface area contributed by atoms with Gasteiger partial charge in [-0.25, -0.2) is 0 Å². The van der Waals surface area contributed by atoms with Crippen LogP contribution in [0.25, 0.3) is 0 Å². The molecule has 1 amide bonds. The van der Waals surface area contributed by atoms with Crippen molar-refractivity contribution in [3.63, 3.8) is 0 Å². The van der Waals surface area contributed by atoms with Crippen molar-refractivity contribution in [1.29, 1.82) is 0 Å². The van der Waals surface area contributed by atoms with Crippen molar-refractivity contribution in [1.82, 2.24) is 15.5 Å². The summed E-state index contributed by atoms with van der Waals surface area (Å²) >= 11 is 0. The van der Waals surface area contributed by atoms with Crippen LogP contribution in [-0.2, 0) is 9.53 Å². The van der Waals surface area contributed by atoms with Crippen molar-refractivity contribution >= 4 is 5.91 Å². The predicted molar refractivity (Wildman–Crippen MR) is 64.2 cm³/mol. The Balaban J connectivity index is 2.33. The molecule has 0 saturated carbocycles. The van der Waals surface area contributed by atoms with E-state index in [4.69, 9.17) is 10.5 Å². The smallest absolute Gasteiger partial charge is 0.237 e. The van der Waals surface area contributed by atoms with Crippen molar-refractivity contribution in [2.24, 2.45) is 5.73 Å². The van der Waals surface area contributed by atoms with Gasteiger partial charge in [-0.3, -0.25) is 9.89 Å². The van der Waals surface area contributed by atoms with Gasteiger partial charge in [0.15, 0.2) is 0 Å². The second-order valence-corrected chi connectivity index (χ2v) is 4.00. The van der Waals surface area contributed by atoms with E-state index < -0.39 is 6.04 Å². The molecule has 1 aromatic heterocycles. The third kappa shape index (κ3) is 4.54. The summed E-state index contributed by atoms with van der Waals surface area (Å²) in [6.07, 6.45) is 4.84. The highest BCUT2D eigenvalue weighted by atomic mass is 16.5. The van der Waals surface area contributed by atoms with Gasteiger partial charge >= 0.3 is 0 Å². The molecule has 0 bridgehead atoms. The lowest BCUT2D eigenvalue weighted by Gasteiger charge is -2.16. The summed E-state index contributed by atoms with van der Waals surface area (Å²) in [7, 11) is 1.63. The van der Waals surface area contributed by atoms with E-state index >= 15 is 0 Å². The minimum absolute atomic E-state index is 0.0882. The summed E-state index contributed by atoms with van der Waals surface area (Å²) in [4.78, 5) is 11.7. The maximum absolute atomic E-state index is 11.7. The number of hydrogen-bond acceptors (Lipinski definition) is 4. The number of H-pyrrole nitrogens is 1. The van der Waals surface area contributed by atoms with Gasteiger partial charge in [0.2, 0.25) is 5.91 Å². The standard InChI is InChI=1S/C11H20N4O2/c1-8(9-6-13-14-7-9)15-11(16)10(12)4-3-5-17-2/h6-8,10H,3-5,12H2,1-2H3,(H,13,14)(H,15,16). The van der Waals surface area contributed by atoms with Crippen LogP contribution in [0.5, 0.6) is 0 Å². The summed E-state index contributed by atoms with van der Waals surface area (Å²) in [5.41, 5.74) is 6.70. The summed E-state index contributed by atoms with van der Waals surface area (Å²) in [5, 5.41) is 9.38. The Labute approximate surface area is 101 Å². The lowest BCUT2D eigenvalue weighted by Crippen LogP contribution is -2.41. The molecule has 2 unspecified atom stereocenters. The van der Waals surface area contributed by atoms with Crippen LogP contribution in [0.2, 0.25) is 0 Å². The van der Waals surface area contributed by atoms with Gasteiger partial charge in [-0.15, -0.1) is 0 Å². The van der Waals surface area contributed by atoms with E-state index in [0.717, 1.165) is 12.0 Å². The molecule has 0 saturated heterocycles. The average Bonchev–Trinajstić information content (AvgIpc) is 2.82. The molecule has 0 aliphatic rings. The van der Waals surface area contributed by atoms with Crippen LogP contribution in [0.3, 0.4) is 0 Å². The molecule has 1 aromatic rings. The van der Waals surface area contributed by atoms with E-state index in [1.807, 2.05) is 6.92 Å². The number of carbonyl (C=O) groups is 1. The zero-order valence-corrected chi connectivity index (χ0v) is 10.3. The van der Waals surface area contributed by atoms with Gasteiger partial charge in [0.25, 0.3) is 0 Å². The topological polar surface area (TPSA) is 93.0 Å². The van der Waals surface area contributed by atoms with Crippen LogP contribution in [0.1, 0.15) is 31.4 Å². The molecule has 0 aromatic carbocycles. The minimum Gasteiger partial charge on any atom is -0.385 e. The maximum atomic E-state index is 11.7. The van der Waals surface area contributed by atoms with Crippen LogP contribution >= 0.6 is 0 Å². The normalized spacial score (nSPS) is 14.3.